The normalized spacial score (nSPS) is 12.9. The molecule has 0 amide bonds. The summed E-state index contributed by atoms with van der Waals surface area (Å²) in [6.45, 7) is 0.681. The number of nitrogens with one attached hydrogen (secondary N) is 1. The minimum Gasteiger partial charge on any atom is -0.494 e. The van der Waals surface area contributed by atoms with E-state index in [4.69, 9.17) is 4.74 Å². The van der Waals surface area contributed by atoms with Gasteiger partial charge in [-0.1, -0.05) is 5.16 Å². The van der Waals surface area contributed by atoms with Gasteiger partial charge in [0.1, 0.15) is 22.7 Å². The van der Waals surface area contributed by atoms with Crippen LogP contribution in [0.1, 0.15) is 6.92 Å². The maximum Gasteiger partial charge on any atom is 0.425 e. The number of halogens is 5. The molecule has 2 aromatic heterocycles. The highest BCUT2D eigenvalue weighted by molar-refractivity contribution is 7.92. The fourth-order valence-electron chi connectivity index (χ4n) is 3.36. The van der Waals surface area contributed by atoms with E-state index in [0.717, 1.165) is 42.2 Å². The van der Waals surface area contributed by atoms with Gasteiger partial charge in [-0.3, -0.25) is 14.1 Å². The summed E-state index contributed by atoms with van der Waals surface area (Å²) in [5.74, 6) is -3.79. The zero-order chi connectivity index (χ0) is 27.1. The number of benzene rings is 2. The Bertz CT molecular complexity index is 1640. The first-order valence-electron chi connectivity index (χ1n) is 10.2. The molecule has 0 spiro atoms. The Kier molecular flexibility index (Phi) is 6.58. The van der Waals surface area contributed by atoms with Gasteiger partial charge in [0, 0.05) is 35.7 Å². The summed E-state index contributed by atoms with van der Waals surface area (Å²) in [6.07, 6.45) is -6.03. The van der Waals surface area contributed by atoms with E-state index in [1.807, 2.05) is 4.72 Å². The predicted molar refractivity (Wildman–Crippen MR) is 119 cm³/mol. The van der Waals surface area contributed by atoms with Crippen LogP contribution in [0.2, 0.25) is 0 Å². The molecule has 0 aliphatic rings. The van der Waals surface area contributed by atoms with Crippen LogP contribution in [-0.4, -0.2) is 37.5 Å². The van der Waals surface area contributed by atoms with Crippen LogP contribution in [0.25, 0.3) is 16.6 Å². The molecule has 0 saturated heterocycles. The molecule has 4 aromatic rings. The number of anilines is 1. The number of alkyl halides is 3. The Morgan fingerprint density at radius 2 is 1.78 bits per heavy atom. The van der Waals surface area contributed by atoms with Gasteiger partial charge in [0.05, 0.1) is 18.3 Å². The fourth-order valence-corrected chi connectivity index (χ4v) is 4.45. The summed E-state index contributed by atoms with van der Waals surface area (Å²) >= 11 is 0. The van der Waals surface area contributed by atoms with Crippen molar-refractivity contribution < 1.29 is 44.4 Å². The van der Waals surface area contributed by atoms with E-state index in [2.05, 4.69) is 14.4 Å². The van der Waals surface area contributed by atoms with Crippen molar-refractivity contribution >= 4 is 26.7 Å². The quantitative estimate of drug-likeness (QED) is 0.343. The van der Waals surface area contributed by atoms with Crippen molar-refractivity contribution in [3.8, 4) is 17.2 Å². The third-order valence-corrected chi connectivity index (χ3v) is 6.52. The number of sulfonamides is 1. The van der Waals surface area contributed by atoms with Gasteiger partial charge >= 0.3 is 6.18 Å². The lowest BCUT2D eigenvalue weighted by Gasteiger charge is -2.20. The molecule has 0 saturated carbocycles. The van der Waals surface area contributed by atoms with Crippen LogP contribution in [0.4, 0.5) is 27.8 Å². The SMILES string of the molecule is COc1cc(O[C@@H](C)C(F)(F)F)c(F)cc1-n1c(=O)ccc2cc(S(=O)(=O)Nc3ccon3)c(F)cc21. The standard InChI is InChI=1S/C22H16F5N3O6S/c1-11(22(25,26)27)36-17-10-18(34-2)16(8-13(17)23)30-15-9-14(24)19(7-12(15)3-4-21(30)31)37(32,33)29-20-5-6-35-28-20/h3-11H,1-2H3,(H,28,29)/t11-/m0/s1. The first-order valence-corrected chi connectivity index (χ1v) is 11.7. The van der Waals surface area contributed by atoms with E-state index in [-0.39, 0.29) is 28.2 Å². The average Bonchev–Trinajstić information content (AvgIpc) is 3.31. The molecule has 0 unspecified atom stereocenters. The zero-order valence-corrected chi connectivity index (χ0v) is 19.7. The molecule has 0 fully saturated rings. The summed E-state index contributed by atoms with van der Waals surface area (Å²) in [5.41, 5.74) is -1.27. The molecule has 37 heavy (non-hydrogen) atoms. The fraction of sp³-hybridized carbons (Fsp3) is 0.182. The first kappa shape index (κ1) is 25.9. The predicted octanol–water partition coefficient (Wildman–Crippen LogP) is 4.40. The number of pyridine rings is 1. The molecule has 0 bridgehead atoms. The number of fused-ring (bicyclic) bond motifs is 1. The summed E-state index contributed by atoms with van der Waals surface area (Å²) in [4.78, 5) is 12.0. The van der Waals surface area contributed by atoms with E-state index >= 15 is 4.39 Å². The Labute approximate surface area is 205 Å². The highest BCUT2D eigenvalue weighted by Gasteiger charge is 2.38. The van der Waals surface area contributed by atoms with Gasteiger partial charge in [0.15, 0.2) is 23.5 Å². The second kappa shape index (κ2) is 9.38. The summed E-state index contributed by atoms with van der Waals surface area (Å²) in [5, 5.41) is 3.45. The van der Waals surface area contributed by atoms with Crippen molar-refractivity contribution in [2.75, 3.05) is 11.8 Å². The maximum atomic E-state index is 15.0. The molecule has 4 rings (SSSR count). The molecule has 15 heteroatoms. The molecule has 2 heterocycles. The third kappa shape index (κ3) is 5.07. The van der Waals surface area contributed by atoms with Gasteiger partial charge in [-0.05, 0) is 19.1 Å². The number of aromatic nitrogens is 2. The second-order valence-electron chi connectivity index (χ2n) is 7.59. The Hall–Kier alpha value is -4.14. The van der Waals surface area contributed by atoms with Gasteiger partial charge in [-0.2, -0.15) is 13.2 Å². The number of hydrogen-bond donors (Lipinski definition) is 1. The van der Waals surface area contributed by atoms with E-state index in [1.54, 1.807) is 0 Å². The third-order valence-electron chi connectivity index (χ3n) is 5.15. The molecule has 9 nitrogen and oxygen atoms in total. The van der Waals surface area contributed by atoms with Crippen molar-refractivity contribution in [1.29, 1.82) is 0 Å². The molecule has 1 atom stereocenters. The van der Waals surface area contributed by atoms with E-state index in [0.29, 0.717) is 13.0 Å². The Morgan fingerprint density at radius 1 is 1.05 bits per heavy atom. The van der Waals surface area contributed by atoms with Crippen molar-refractivity contribution in [3.63, 3.8) is 0 Å². The molecule has 0 aliphatic heterocycles. The van der Waals surface area contributed by atoms with Gasteiger partial charge in [0.2, 0.25) is 0 Å². The minimum absolute atomic E-state index is 0.0509. The number of rotatable bonds is 7. The van der Waals surface area contributed by atoms with Crippen LogP contribution in [-0.2, 0) is 10.0 Å². The van der Waals surface area contributed by atoms with Gasteiger partial charge in [-0.15, -0.1) is 0 Å². The highest BCUT2D eigenvalue weighted by atomic mass is 32.2. The van der Waals surface area contributed by atoms with Crippen LogP contribution in [0, 0.1) is 11.6 Å². The van der Waals surface area contributed by atoms with E-state index in [9.17, 15) is 30.8 Å². The lowest BCUT2D eigenvalue weighted by atomic mass is 10.1. The summed E-state index contributed by atoms with van der Waals surface area (Å²) in [6, 6.07) is 6.60. The summed E-state index contributed by atoms with van der Waals surface area (Å²) in [7, 11) is -3.35. The zero-order valence-electron chi connectivity index (χ0n) is 18.8. The van der Waals surface area contributed by atoms with E-state index in [1.165, 1.54) is 12.1 Å². The number of nitrogens with zero attached hydrogens (tertiary/aromatic N) is 2. The van der Waals surface area contributed by atoms with Gasteiger partial charge < -0.3 is 14.0 Å². The Morgan fingerprint density at radius 3 is 2.41 bits per heavy atom. The van der Waals surface area contributed by atoms with Crippen LogP contribution < -0.4 is 19.8 Å². The van der Waals surface area contributed by atoms with Crippen molar-refractivity contribution in [2.45, 2.75) is 24.1 Å². The second-order valence-corrected chi connectivity index (χ2v) is 9.25. The van der Waals surface area contributed by atoms with Crippen LogP contribution >= 0.6 is 0 Å². The largest absolute Gasteiger partial charge is 0.494 e. The average molecular weight is 545 g/mol. The molecule has 0 aliphatic carbocycles. The monoisotopic (exact) mass is 545 g/mol. The van der Waals surface area contributed by atoms with Crippen molar-refractivity contribution in [3.05, 3.63) is 70.7 Å². The first-order chi connectivity index (χ1) is 17.3. The maximum absolute atomic E-state index is 15.0. The molecule has 1 N–H and O–H groups in total. The topological polar surface area (TPSA) is 113 Å². The van der Waals surface area contributed by atoms with Crippen molar-refractivity contribution in [2.24, 2.45) is 0 Å². The Balaban J connectivity index is 1.86. The minimum atomic E-state index is -4.77. The number of ether oxygens (including phenoxy) is 2. The summed E-state index contributed by atoms with van der Waals surface area (Å²) < 4.78 is 111. The number of hydrogen-bond acceptors (Lipinski definition) is 7. The number of methoxy groups -OCH3 is 1. The molecule has 0 radical (unpaired) electrons. The lowest BCUT2D eigenvalue weighted by Crippen LogP contribution is -2.31. The van der Waals surface area contributed by atoms with Crippen LogP contribution in [0.15, 0.2) is 62.9 Å². The molecular weight excluding hydrogens is 529 g/mol. The smallest absolute Gasteiger partial charge is 0.425 e. The van der Waals surface area contributed by atoms with Crippen LogP contribution in [0.3, 0.4) is 0 Å². The van der Waals surface area contributed by atoms with Crippen molar-refractivity contribution in [1.82, 2.24) is 9.72 Å². The van der Waals surface area contributed by atoms with Crippen LogP contribution in [0.5, 0.6) is 11.5 Å². The molecule has 196 valence electrons. The highest BCUT2D eigenvalue weighted by Crippen LogP contribution is 2.35. The van der Waals surface area contributed by atoms with Gasteiger partial charge in [-0.25, -0.2) is 17.2 Å². The van der Waals surface area contributed by atoms with Gasteiger partial charge in [0.25, 0.3) is 15.6 Å². The van der Waals surface area contributed by atoms with E-state index < -0.39 is 50.1 Å². The molecular formula is C22H16F5N3O6S. The lowest BCUT2D eigenvalue weighted by molar-refractivity contribution is -0.189. The molecule has 2 aromatic carbocycles.